The lowest BCUT2D eigenvalue weighted by Gasteiger charge is -2.29. The van der Waals surface area contributed by atoms with Crippen molar-refractivity contribution in [3.63, 3.8) is 0 Å². The van der Waals surface area contributed by atoms with E-state index in [-0.39, 0.29) is 23.6 Å². The number of rotatable bonds is 6. The quantitative estimate of drug-likeness (QED) is 0.613. The molecule has 2 aliphatic heterocycles. The van der Waals surface area contributed by atoms with Gasteiger partial charge in [-0.15, -0.1) is 0 Å². The van der Waals surface area contributed by atoms with Crippen LogP contribution in [0.3, 0.4) is 0 Å². The Balaban J connectivity index is 0.000000191. The Hall–Kier alpha value is -2.99. The molecule has 2 N–H and O–H groups in total. The van der Waals surface area contributed by atoms with Gasteiger partial charge in [0.25, 0.3) is 0 Å². The van der Waals surface area contributed by atoms with Crippen LogP contribution in [0.15, 0.2) is 36.4 Å². The highest BCUT2D eigenvalue weighted by Crippen LogP contribution is 2.30. The maximum atomic E-state index is 11.9. The average Bonchev–Trinajstić information content (AvgIpc) is 2.82. The summed E-state index contributed by atoms with van der Waals surface area (Å²) in [6.45, 7) is 9.27. The standard InChI is InChI=1S/C14H20N2O.C14H17NO2/c1-3-8-16-13-6-4-11(10(2)15)9-12(13)5-7-14(16)17;1-3-8-15-13-6-4-11(10(2)16)9-12(13)5-7-14(15)17/h4,6,9-10H,3,5,7-8,15H2,1-2H3;4,6,9H,3,5,7-8H2,1-2H3. The third kappa shape index (κ3) is 5.73. The predicted octanol–water partition coefficient (Wildman–Crippen LogP) is 4.97. The molecule has 2 amide bonds. The number of carbonyl (C=O) groups is 3. The maximum absolute atomic E-state index is 11.9. The van der Waals surface area contributed by atoms with Crippen LogP contribution in [-0.4, -0.2) is 30.7 Å². The predicted molar refractivity (Wildman–Crippen MR) is 137 cm³/mol. The molecule has 2 aromatic rings. The summed E-state index contributed by atoms with van der Waals surface area (Å²) in [6, 6.07) is 11.9. The summed E-state index contributed by atoms with van der Waals surface area (Å²) in [4.78, 5) is 38.8. The molecule has 1 unspecified atom stereocenters. The van der Waals surface area contributed by atoms with Gasteiger partial charge in [-0.2, -0.15) is 0 Å². The van der Waals surface area contributed by atoms with E-state index in [4.69, 9.17) is 5.73 Å². The van der Waals surface area contributed by atoms with Gasteiger partial charge >= 0.3 is 0 Å². The van der Waals surface area contributed by atoms with Crippen LogP contribution >= 0.6 is 0 Å². The Kier molecular flexibility index (Phi) is 8.61. The van der Waals surface area contributed by atoms with Crippen LogP contribution in [0.1, 0.15) is 86.5 Å². The van der Waals surface area contributed by atoms with Gasteiger partial charge in [0.15, 0.2) is 5.78 Å². The van der Waals surface area contributed by atoms with Crippen molar-refractivity contribution in [2.45, 2.75) is 72.3 Å². The van der Waals surface area contributed by atoms with Gasteiger partial charge < -0.3 is 15.5 Å². The van der Waals surface area contributed by atoms with E-state index in [1.165, 1.54) is 5.56 Å². The van der Waals surface area contributed by atoms with Crippen molar-refractivity contribution in [2.75, 3.05) is 22.9 Å². The molecule has 4 rings (SSSR count). The highest BCUT2D eigenvalue weighted by atomic mass is 16.2. The Morgan fingerprint density at radius 1 is 0.853 bits per heavy atom. The molecule has 0 aromatic heterocycles. The number of carbonyl (C=O) groups excluding carboxylic acids is 3. The fraction of sp³-hybridized carbons (Fsp3) is 0.464. The largest absolute Gasteiger partial charge is 0.324 e. The second-order valence-corrected chi connectivity index (χ2v) is 9.17. The van der Waals surface area contributed by atoms with Crippen LogP contribution in [0, 0.1) is 0 Å². The van der Waals surface area contributed by atoms with Gasteiger partial charge in [-0.25, -0.2) is 0 Å². The summed E-state index contributed by atoms with van der Waals surface area (Å²) < 4.78 is 0. The third-order valence-corrected chi connectivity index (χ3v) is 6.41. The Labute approximate surface area is 203 Å². The number of aryl methyl sites for hydroxylation is 2. The average molecular weight is 464 g/mol. The molecule has 2 aliphatic rings. The number of hydrogen-bond acceptors (Lipinski definition) is 4. The molecule has 6 nitrogen and oxygen atoms in total. The summed E-state index contributed by atoms with van der Waals surface area (Å²) in [7, 11) is 0. The number of Topliss-reactive ketones (excluding diaryl/α,β-unsaturated/α-hetero) is 1. The number of nitrogens with two attached hydrogens (primary N) is 1. The van der Waals surface area contributed by atoms with Gasteiger partial charge in [-0.1, -0.05) is 26.0 Å². The molecule has 182 valence electrons. The highest BCUT2D eigenvalue weighted by molar-refractivity contribution is 5.99. The van der Waals surface area contributed by atoms with Crippen molar-refractivity contribution < 1.29 is 14.4 Å². The molecule has 0 aliphatic carbocycles. The number of hydrogen-bond donors (Lipinski definition) is 1. The van der Waals surface area contributed by atoms with Crippen LogP contribution < -0.4 is 15.5 Å². The summed E-state index contributed by atoms with van der Waals surface area (Å²) in [6.07, 6.45) is 4.69. The Morgan fingerprint density at radius 2 is 1.35 bits per heavy atom. The van der Waals surface area contributed by atoms with E-state index in [9.17, 15) is 14.4 Å². The zero-order chi connectivity index (χ0) is 24.8. The first-order chi connectivity index (χ1) is 16.3. The van der Waals surface area contributed by atoms with Gasteiger partial charge in [-0.05, 0) is 80.5 Å². The molecule has 0 bridgehead atoms. The van der Waals surface area contributed by atoms with E-state index in [2.05, 4.69) is 19.9 Å². The van der Waals surface area contributed by atoms with Crippen LogP contribution in [0.4, 0.5) is 11.4 Å². The molecule has 1 atom stereocenters. The van der Waals surface area contributed by atoms with E-state index in [0.717, 1.165) is 66.8 Å². The van der Waals surface area contributed by atoms with Crippen LogP contribution in [0.25, 0.3) is 0 Å². The fourth-order valence-electron chi connectivity index (χ4n) is 4.58. The molecule has 0 radical (unpaired) electrons. The number of nitrogens with zero attached hydrogens (tertiary/aromatic N) is 2. The monoisotopic (exact) mass is 463 g/mol. The van der Waals surface area contributed by atoms with E-state index in [1.54, 1.807) is 6.92 Å². The molecule has 0 saturated heterocycles. The van der Waals surface area contributed by atoms with Crippen molar-refractivity contribution in [3.05, 3.63) is 58.7 Å². The topological polar surface area (TPSA) is 83.7 Å². The zero-order valence-electron chi connectivity index (χ0n) is 20.9. The molecule has 0 spiro atoms. The summed E-state index contributed by atoms with van der Waals surface area (Å²) in [5, 5.41) is 0. The van der Waals surface area contributed by atoms with E-state index < -0.39 is 0 Å². The molecular formula is C28H37N3O3. The number of benzene rings is 2. The first kappa shape index (κ1) is 25.6. The minimum Gasteiger partial charge on any atom is -0.324 e. The molecule has 2 aromatic carbocycles. The second kappa shape index (κ2) is 11.4. The summed E-state index contributed by atoms with van der Waals surface area (Å²) >= 11 is 0. The van der Waals surface area contributed by atoms with Crippen molar-refractivity contribution in [1.82, 2.24) is 0 Å². The number of anilines is 2. The lowest BCUT2D eigenvalue weighted by Crippen LogP contribution is -2.35. The van der Waals surface area contributed by atoms with Crippen molar-refractivity contribution in [1.29, 1.82) is 0 Å². The molecular weight excluding hydrogens is 426 g/mol. The lowest BCUT2D eigenvalue weighted by atomic mass is 9.96. The van der Waals surface area contributed by atoms with Gasteiger partial charge in [0.05, 0.1) is 0 Å². The first-order valence-electron chi connectivity index (χ1n) is 12.4. The Morgan fingerprint density at radius 3 is 1.82 bits per heavy atom. The van der Waals surface area contributed by atoms with Crippen LogP contribution in [-0.2, 0) is 22.4 Å². The molecule has 0 fully saturated rings. The number of amides is 2. The molecule has 0 saturated carbocycles. The zero-order valence-corrected chi connectivity index (χ0v) is 20.9. The number of ketones is 1. The minimum absolute atomic E-state index is 0.0533. The third-order valence-electron chi connectivity index (χ3n) is 6.41. The summed E-state index contributed by atoms with van der Waals surface area (Å²) in [5.74, 6) is 0.509. The fourth-order valence-corrected chi connectivity index (χ4v) is 4.58. The van der Waals surface area contributed by atoms with Gasteiger partial charge in [0.1, 0.15) is 0 Å². The molecule has 34 heavy (non-hydrogen) atoms. The smallest absolute Gasteiger partial charge is 0.227 e. The van der Waals surface area contributed by atoms with E-state index >= 15 is 0 Å². The lowest BCUT2D eigenvalue weighted by molar-refractivity contribution is -0.119. The maximum Gasteiger partial charge on any atom is 0.227 e. The molecule has 6 heteroatoms. The summed E-state index contributed by atoms with van der Waals surface area (Å²) in [5.41, 5.74) is 12.2. The normalized spacial score (nSPS) is 15.8. The number of fused-ring (bicyclic) bond motifs is 2. The van der Waals surface area contributed by atoms with Crippen molar-refractivity contribution in [2.24, 2.45) is 5.73 Å². The van der Waals surface area contributed by atoms with E-state index in [1.807, 2.05) is 47.1 Å². The van der Waals surface area contributed by atoms with Crippen molar-refractivity contribution in [3.8, 4) is 0 Å². The van der Waals surface area contributed by atoms with E-state index in [0.29, 0.717) is 12.8 Å². The highest BCUT2D eigenvalue weighted by Gasteiger charge is 2.24. The van der Waals surface area contributed by atoms with Gasteiger partial charge in [0, 0.05) is 48.9 Å². The van der Waals surface area contributed by atoms with Crippen LogP contribution in [0.2, 0.25) is 0 Å². The van der Waals surface area contributed by atoms with Gasteiger partial charge in [0.2, 0.25) is 11.8 Å². The van der Waals surface area contributed by atoms with Crippen molar-refractivity contribution >= 4 is 29.0 Å². The second-order valence-electron chi connectivity index (χ2n) is 9.17. The minimum atomic E-state index is 0.0533. The van der Waals surface area contributed by atoms with Gasteiger partial charge in [-0.3, -0.25) is 14.4 Å². The molecule has 2 heterocycles. The van der Waals surface area contributed by atoms with Crippen LogP contribution in [0.5, 0.6) is 0 Å². The Bertz CT molecular complexity index is 1060. The first-order valence-corrected chi connectivity index (χ1v) is 12.4. The SMILES string of the molecule is CCCN1C(=O)CCc2cc(C(C)=O)ccc21.CCCN1C(=O)CCc2cc(C(C)N)ccc21.